The number of likely N-dealkylation sites (tertiary alicyclic amines) is 1. The number of nitrogens with one attached hydrogen (secondary N) is 2. The van der Waals surface area contributed by atoms with Gasteiger partial charge in [-0.2, -0.15) is 5.26 Å². The molecule has 1 aliphatic rings. The van der Waals surface area contributed by atoms with Crippen LogP contribution in [0.4, 0.5) is 17.1 Å². The lowest BCUT2D eigenvalue weighted by molar-refractivity contribution is 0.0866. The highest BCUT2D eigenvalue weighted by Crippen LogP contribution is 2.38. The number of aromatic nitrogens is 4. The summed E-state index contributed by atoms with van der Waals surface area (Å²) in [7, 11) is 0. The Hall–Kier alpha value is -4.16. The molecule has 2 N–H and O–H groups in total. The van der Waals surface area contributed by atoms with Crippen LogP contribution < -0.4 is 10.6 Å². The molecule has 0 unspecified atom stereocenters. The fourth-order valence-electron chi connectivity index (χ4n) is 5.92. The number of hydrogen-bond acceptors (Lipinski definition) is 7. The van der Waals surface area contributed by atoms with Crippen LogP contribution in [0.15, 0.2) is 73.1 Å². The molecule has 45 heavy (non-hydrogen) atoms. The first-order chi connectivity index (χ1) is 21.6. The van der Waals surface area contributed by atoms with Gasteiger partial charge in [0, 0.05) is 45.9 Å². The van der Waals surface area contributed by atoms with Gasteiger partial charge in [0.05, 0.1) is 40.7 Å². The summed E-state index contributed by atoms with van der Waals surface area (Å²) < 4.78 is 2.01. The Morgan fingerprint density at radius 1 is 0.978 bits per heavy atom. The van der Waals surface area contributed by atoms with Crippen LogP contribution in [-0.4, -0.2) is 43.5 Å². The first-order valence-corrected chi connectivity index (χ1v) is 15.9. The molecule has 1 saturated heterocycles. The van der Waals surface area contributed by atoms with Crippen molar-refractivity contribution in [3.05, 3.63) is 105 Å². The summed E-state index contributed by atoms with van der Waals surface area (Å²) in [5.74, 6) is 0. The quantitative estimate of drug-likeness (QED) is 0.184. The summed E-state index contributed by atoms with van der Waals surface area (Å²) in [6, 6.07) is 21.6. The molecule has 0 radical (unpaired) electrons. The van der Waals surface area contributed by atoms with Crippen molar-refractivity contribution in [1.82, 2.24) is 24.9 Å². The number of halogens is 2. The molecule has 8 nitrogen and oxygen atoms in total. The van der Waals surface area contributed by atoms with Gasteiger partial charge in [-0.1, -0.05) is 58.2 Å². The van der Waals surface area contributed by atoms with E-state index in [1.165, 1.54) is 0 Å². The number of rotatable bonds is 7. The molecule has 1 aliphatic heterocycles. The van der Waals surface area contributed by atoms with E-state index in [2.05, 4.69) is 52.7 Å². The van der Waals surface area contributed by atoms with Gasteiger partial charge in [0.25, 0.3) is 0 Å². The van der Waals surface area contributed by atoms with E-state index < -0.39 is 0 Å². The van der Waals surface area contributed by atoms with Crippen LogP contribution in [0.5, 0.6) is 0 Å². The number of nitriles is 1. The standard InChI is InChI=1S/C35H36Cl2N8/c1-22-5-11-27(12-6-22)40-32-24(19-38)20-39-34-29(32)17-26(37)18-30(34)41-33(23-7-9-25(36)10-8-23)31-21-45(43-42-31)28-13-15-44(16-14-28)35(2,3)4/h5-12,17-18,20-21,28,33,41H,13-16H2,1-4H3,(H,39,40)/t33-/m0/s1. The third kappa shape index (κ3) is 6.76. The maximum atomic E-state index is 9.96. The summed E-state index contributed by atoms with van der Waals surface area (Å²) in [5.41, 5.74) is 6.36. The molecular weight excluding hydrogens is 603 g/mol. The highest BCUT2D eigenvalue weighted by atomic mass is 35.5. The molecule has 3 heterocycles. The lowest BCUT2D eigenvalue weighted by Crippen LogP contribution is -2.46. The number of piperidine rings is 1. The van der Waals surface area contributed by atoms with Crippen LogP contribution in [-0.2, 0) is 0 Å². The second-order valence-electron chi connectivity index (χ2n) is 12.6. The van der Waals surface area contributed by atoms with Gasteiger partial charge in [-0.05, 0) is 82.5 Å². The van der Waals surface area contributed by atoms with Gasteiger partial charge >= 0.3 is 0 Å². The fourth-order valence-corrected chi connectivity index (χ4v) is 6.26. The molecule has 2 aromatic heterocycles. The molecule has 1 atom stereocenters. The zero-order valence-electron chi connectivity index (χ0n) is 25.9. The second kappa shape index (κ2) is 12.7. The molecule has 0 amide bonds. The molecule has 0 saturated carbocycles. The van der Waals surface area contributed by atoms with Gasteiger partial charge in [-0.3, -0.25) is 9.88 Å². The molecule has 230 valence electrons. The van der Waals surface area contributed by atoms with E-state index >= 15 is 0 Å². The Morgan fingerprint density at radius 2 is 1.69 bits per heavy atom. The number of aryl methyl sites for hydroxylation is 1. The van der Waals surface area contributed by atoms with Gasteiger partial charge in [0.2, 0.25) is 0 Å². The number of benzene rings is 3. The van der Waals surface area contributed by atoms with Gasteiger partial charge in [-0.15, -0.1) is 5.10 Å². The van der Waals surface area contributed by atoms with Crippen LogP contribution >= 0.6 is 23.2 Å². The Balaban J connectivity index is 1.37. The van der Waals surface area contributed by atoms with E-state index in [-0.39, 0.29) is 17.6 Å². The van der Waals surface area contributed by atoms with Crippen molar-refractivity contribution in [1.29, 1.82) is 5.26 Å². The first kappa shape index (κ1) is 30.8. The largest absolute Gasteiger partial charge is 0.371 e. The topological polar surface area (TPSA) is 94.7 Å². The third-order valence-corrected chi connectivity index (χ3v) is 8.96. The predicted molar refractivity (Wildman–Crippen MR) is 182 cm³/mol. The number of pyridine rings is 1. The fraction of sp³-hybridized carbons (Fsp3) is 0.314. The van der Waals surface area contributed by atoms with Crippen LogP contribution in [0.1, 0.15) is 68.1 Å². The molecular formula is C35H36Cl2N8. The van der Waals surface area contributed by atoms with Gasteiger partial charge in [0.15, 0.2) is 0 Å². The first-order valence-electron chi connectivity index (χ1n) is 15.1. The van der Waals surface area contributed by atoms with E-state index in [9.17, 15) is 5.26 Å². The van der Waals surface area contributed by atoms with Crippen molar-refractivity contribution >= 4 is 51.2 Å². The molecule has 3 aromatic carbocycles. The van der Waals surface area contributed by atoms with Gasteiger partial charge < -0.3 is 10.6 Å². The molecule has 10 heteroatoms. The van der Waals surface area contributed by atoms with Crippen molar-refractivity contribution in [3.63, 3.8) is 0 Å². The van der Waals surface area contributed by atoms with E-state index in [1.807, 2.05) is 78.5 Å². The number of anilines is 3. The Morgan fingerprint density at radius 3 is 2.36 bits per heavy atom. The monoisotopic (exact) mass is 638 g/mol. The number of fused-ring (bicyclic) bond motifs is 1. The van der Waals surface area contributed by atoms with E-state index in [1.54, 1.807) is 6.20 Å². The third-order valence-electron chi connectivity index (χ3n) is 8.49. The predicted octanol–water partition coefficient (Wildman–Crippen LogP) is 8.69. The Kier molecular flexibility index (Phi) is 8.69. The number of hydrogen-bond donors (Lipinski definition) is 2. The van der Waals surface area contributed by atoms with Crippen LogP contribution in [0.25, 0.3) is 10.9 Å². The lowest BCUT2D eigenvalue weighted by atomic mass is 9.98. The average molecular weight is 640 g/mol. The zero-order valence-corrected chi connectivity index (χ0v) is 27.4. The molecule has 6 rings (SSSR count). The summed E-state index contributed by atoms with van der Waals surface area (Å²) in [5, 5.41) is 28.2. The highest BCUT2D eigenvalue weighted by molar-refractivity contribution is 6.32. The normalized spacial score (nSPS) is 15.1. The minimum Gasteiger partial charge on any atom is -0.371 e. The summed E-state index contributed by atoms with van der Waals surface area (Å²) in [6.07, 6.45) is 5.66. The van der Waals surface area contributed by atoms with E-state index in [4.69, 9.17) is 28.2 Å². The maximum Gasteiger partial charge on any atom is 0.109 e. The van der Waals surface area contributed by atoms with Crippen LogP contribution in [0.3, 0.4) is 0 Å². The average Bonchev–Trinajstić information content (AvgIpc) is 3.51. The molecule has 5 aromatic rings. The zero-order chi connectivity index (χ0) is 31.7. The Bertz CT molecular complexity index is 1840. The molecule has 0 bridgehead atoms. The van der Waals surface area contributed by atoms with Crippen molar-refractivity contribution in [2.45, 2.75) is 58.2 Å². The molecule has 0 spiro atoms. The number of nitrogens with zero attached hydrogens (tertiary/aromatic N) is 6. The SMILES string of the molecule is Cc1ccc(Nc2c(C#N)cnc3c(N[C@@H](c4ccc(Cl)cc4)c4cn(C5CCN(C(C)(C)C)CC5)nn4)cc(Cl)cc23)cc1. The molecule has 1 fully saturated rings. The minimum atomic E-state index is -0.363. The Labute approximate surface area is 274 Å². The molecule has 0 aliphatic carbocycles. The maximum absolute atomic E-state index is 9.96. The van der Waals surface area contributed by atoms with Crippen molar-refractivity contribution in [2.75, 3.05) is 23.7 Å². The van der Waals surface area contributed by atoms with Gasteiger partial charge in [0.1, 0.15) is 11.8 Å². The van der Waals surface area contributed by atoms with Crippen molar-refractivity contribution < 1.29 is 0 Å². The van der Waals surface area contributed by atoms with Crippen molar-refractivity contribution in [2.24, 2.45) is 0 Å². The van der Waals surface area contributed by atoms with Crippen LogP contribution in [0, 0.1) is 18.3 Å². The summed E-state index contributed by atoms with van der Waals surface area (Å²) >= 11 is 13.0. The van der Waals surface area contributed by atoms with Gasteiger partial charge in [-0.25, -0.2) is 4.68 Å². The van der Waals surface area contributed by atoms with Crippen molar-refractivity contribution in [3.8, 4) is 6.07 Å². The van der Waals surface area contributed by atoms with Crippen LogP contribution in [0.2, 0.25) is 10.0 Å². The lowest BCUT2D eigenvalue weighted by Gasteiger charge is -2.40. The minimum absolute atomic E-state index is 0.152. The van der Waals surface area contributed by atoms with E-state index in [0.29, 0.717) is 32.5 Å². The highest BCUT2D eigenvalue weighted by Gasteiger charge is 2.29. The smallest absolute Gasteiger partial charge is 0.109 e. The van der Waals surface area contributed by atoms with E-state index in [0.717, 1.165) is 53.8 Å². The summed E-state index contributed by atoms with van der Waals surface area (Å²) in [6.45, 7) is 10.9. The summed E-state index contributed by atoms with van der Waals surface area (Å²) in [4.78, 5) is 7.24. The second-order valence-corrected chi connectivity index (χ2v) is 13.5.